The first-order valence-electron chi connectivity index (χ1n) is 9.82. The topological polar surface area (TPSA) is 69.5 Å². The first-order valence-corrected chi connectivity index (χ1v) is 10.2. The van der Waals surface area contributed by atoms with Gasteiger partial charge in [-0.2, -0.15) is 18.2 Å². The molecular weight excluding hydrogens is 449 g/mol. The lowest BCUT2D eigenvalue weighted by Gasteiger charge is -2.38. The Bertz CT molecular complexity index is 1200. The number of anilines is 1. The van der Waals surface area contributed by atoms with Crippen molar-refractivity contribution < 1.29 is 22.6 Å². The first kappa shape index (κ1) is 22.3. The van der Waals surface area contributed by atoms with Crippen molar-refractivity contribution in [1.82, 2.24) is 14.5 Å². The van der Waals surface area contributed by atoms with Crippen molar-refractivity contribution in [2.24, 2.45) is 7.05 Å². The molecule has 7 nitrogen and oxygen atoms in total. The number of aryl methyl sites for hydroxylation is 1. The predicted molar refractivity (Wildman–Crippen MR) is 113 cm³/mol. The van der Waals surface area contributed by atoms with E-state index >= 15 is 0 Å². The number of methoxy groups -OCH3 is 1. The van der Waals surface area contributed by atoms with E-state index in [4.69, 9.17) is 21.1 Å². The fraction of sp³-hybridized carbons (Fsp3) is 0.381. The van der Waals surface area contributed by atoms with Crippen LogP contribution in [0.15, 0.2) is 41.2 Å². The van der Waals surface area contributed by atoms with Crippen molar-refractivity contribution in [1.29, 1.82) is 0 Å². The molecule has 1 fully saturated rings. The largest absolute Gasteiger partial charge is 0.488 e. The number of rotatable bonds is 4. The summed E-state index contributed by atoms with van der Waals surface area (Å²) >= 11 is 6.07. The summed E-state index contributed by atoms with van der Waals surface area (Å²) in [6, 6.07) is 8.06. The third-order valence-corrected chi connectivity index (χ3v) is 5.66. The number of piperidine rings is 1. The van der Waals surface area contributed by atoms with Crippen LogP contribution < -0.4 is 15.3 Å². The van der Waals surface area contributed by atoms with Crippen molar-refractivity contribution in [3.63, 3.8) is 0 Å². The van der Waals surface area contributed by atoms with Gasteiger partial charge in [0.05, 0.1) is 11.1 Å². The Morgan fingerprint density at radius 3 is 2.66 bits per heavy atom. The molecule has 0 bridgehead atoms. The predicted octanol–water partition coefficient (Wildman–Crippen LogP) is 3.67. The normalized spacial score (nSPS) is 19.4. The van der Waals surface area contributed by atoms with E-state index in [0.717, 1.165) is 12.1 Å². The van der Waals surface area contributed by atoms with Crippen LogP contribution >= 0.6 is 11.6 Å². The summed E-state index contributed by atoms with van der Waals surface area (Å²) < 4.78 is 51.8. The number of ether oxygens (including phenoxy) is 2. The molecule has 0 aliphatic carbocycles. The molecule has 0 saturated carbocycles. The Labute approximate surface area is 186 Å². The van der Waals surface area contributed by atoms with Gasteiger partial charge in [-0.05, 0) is 30.3 Å². The molecule has 0 amide bonds. The summed E-state index contributed by atoms with van der Waals surface area (Å²) in [5.74, 6) is 0.496. The number of hydrogen-bond acceptors (Lipinski definition) is 6. The highest BCUT2D eigenvalue weighted by atomic mass is 35.5. The van der Waals surface area contributed by atoms with Crippen molar-refractivity contribution in [2.75, 3.05) is 25.1 Å². The maximum absolute atomic E-state index is 13.0. The third kappa shape index (κ3) is 4.37. The van der Waals surface area contributed by atoms with Crippen LogP contribution in [0.4, 0.5) is 19.0 Å². The van der Waals surface area contributed by atoms with Crippen LogP contribution in [-0.4, -0.2) is 46.9 Å². The molecule has 3 heterocycles. The highest BCUT2D eigenvalue weighted by Crippen LogP contribution is 2.33. The molecule has 2 atom stereocenters. The van der Waals surface area contributed by atoms with E-state index in [1.54, 1.807) is 19.2 Å². The van der Waals surface area contributed by atoms with E-state index in [1.807, 2.05) is 4.90 Å². The zero-order valence-electron chi connectivity index (χ0n) is 17.3. The number of alkyl halides is 3. The summed E-state index contributed by atoms with van der Waals surface area (Å²) in [7, 11) is 3.10. The maximum Gasteiger partial charge on any atom is 0.416 e. The lowest BCUT2D eigenvalue weighted by molar-refractivity contribution is -0.137. The van der Waals surface area contributed by atoms with Crippen LogP contribution in [0.3, 0.4) is 0 Å². The number of benzene rings is 1. The van der Waals surface area contributed by atoms with Crippen molar-refractivity contribution in [3.05, 3.63) is 57.6 Å². The number of halogens is 4. The number of pyridine rings is 1. The lowest BCUT2D eigenvalue weighted by atomic mass is 10.0. The van der Waals surface area contributed by atoms with Crippen LogP contribution in [0.1, 0.15) is 12.0 Å². The Morgan fingerprint density at radius 2 is 1.94 bits per heavy atom. The van der Waals surface area contributed by atoms with Gasteiger partial charge in [-0.25, -0.2) is 9.78 Å². The van der Waals surface area contributed by atoms with E-state index in [1.165, 1.54) is 23.8 Å². The number of nitrogens with zero attached hydrogens (tertiary/aromatic N) is 4. The highest BCUT2D eigenvalue weighted by molar-refractivity contribution is 6.29. The number of hydrogen-bond donors (Lipinski definition) is 0. The van der Waals surface area contributed by atoms with E-state index in [-0.39, 0.29) is 10.9 Å². The van der Waals surface area contributed by atoms with E-state index in [0.29, 0.717) is 36.4 Å². The minimum absolute atomic E-state index is 0.117. The second-order valence-electron chi connectivity index (χ2n) is 7.47. The van der Waals surface area contributed by atoms with Gasteiger partial charge in [0.2, 0.25) is 0 Å². The fourth-order valence-corrected chi connectivity index (χ4v) is 3.92. The second-order valence-corrected chi connectivity index (χ2v) is 7.86. The number of aromatic nitrogens is 3. The summed E-state index contributed by atoms with van der Waals surface area (Å²) in [6.07, 6.45) is -4.97. The van der Waals surface area contributed by atoms with Crippen molar-refractivity contribution in [3.8, 4) is 5.75 Å². The molecule has 0 unspecified atom stereocenters. The lowest BCUT2D eigenvalue weighted by Crippen LogP contribution is -2.50. The zero-order chi connectivity index (χ0) is 23.0. The Kier molecular flexibility index (Phi) is 6.00. The van der Waals surface area contributed by atoms with Gasteiger partial charge in [-0.15, -0.1) is 0 Å². The number of fused-ring (bicyclic) bond motifs is 1. The standard InChI is InChI=1S/C21H20ClF3N4O3/c1-28-14-6-7-17(22)26-18(14)19(27-20(28)30)29-9-8-15(16(11-29)31-2)32-13-5-3-4-12(10-13)21(23,24)25/h3-7,10,15-16H,8-9,11H2,1-2H3/t15-,16-/m1/s1. The minimum Gasteiger partial charge on any atom is -0.488 e. The van der Waals surface area contributed by atoms with Gasteiger partial charge >= 0.3 is 11.9 Å². The molecule has 1 aliphatic rings. The van der Waals surface area contributed by atoms with E-state index in [9.17, 15) is 18.0 Å². The van der Waals surface area contributed by atoms with Gasteiger partial charge in [0, 0.05) is 33.7 Å². The van der Waals surface area contributed by atoms with Gasteiger partial charge in [0.15, 0.2) is 5.82 Å². The van der Waals surface area contributed by atoms with Crippen molar-refractivity contribution in [2.45, 2.75) is 24.8 Å². The average molecular weight is 469 g/mol. The Balaban J connectivity index is 1.59. The molecule has 32 heavy (non-hydrogen) atoms. The molecule has 3 aromatic rings. The van der Waals surface area contributed by atoms with E-state index < -0.39 is 29.6 Å². The molecule has 0 N–H and O–H groups in total. The molecule has 2 aromatic heterocycles. The van der Waals surface area contributed by atoms with Crippen LogP contribution in [0, 0.1) is 0 Å². The molecule has 170 valence electrons. The Hall–Kier alpha value is -2.85. The zero-order valence-corrected chi connectivity index (χ0v) is 18.0. The molecular formula is C21H20ClF3N4O3. The second kappa shape index (κ2) is 8.59. The van der Waals surface area contributed by atoms with Gasteiger partial charge in [-0.1, -0.05) is 17.7 Å². The van der Waals surface area contributed by atoms with Crippen molar-refractivity contribution >= 4 is 28.5 Å². The maximum atomic E-state index is 13.0. The molecule has 1 saturated heterocycles. The van der Waals surface area contributed by atoms with E-state index in [2.05, 4.69) is 9.97 Å². The highest BCUT2D eigenvalue weighted by Gasteiger charge is 2.34. The summed E-state index contributed by atoms with van der Waals surface area (Å²) in [5, 5.41) is 0.269. The van der Waals surface area contributed by atoms with Crippen LogP contribution in [0.2, 0.25) is 5.15 Å². The molecule has 0 spiro atoms. The first-order chi connectivity index (χ1) is 15.2. The fourth-order valence-electron chi connectivity index (χ4n) is 3.77. The Morgan fingerprint density at radius 1 is 1.16 bits per heavy atom. The van der Waals surface area contributed by atoms with Crippen LogP contribution in [-0.2, 0) is 18.0 Å². The SMILES string of the molecule is CO[C@@H]1CN(c2nc(=O)n(C)c3ccc(Cl)nc23)CC[C@H]1Oc1cccc(C(F)(F)F)c1. The summed E-state index contributed by atoms with van der Waals surface area (Å²) in [4.78, 5) is 22.7. The molecule has 1 aliphatic heterocycles. The molecule has 11 heteroatoms. The van der Waals surface area contributed by atoms with Crippen LogP contribution in [0.5, 0.6) is 5.75 Å². The minimum atomic E-state index is -4.45. The molecule has 4 rings (SSSR count). The summed E-state index contributed by atoms with van der Waals surface area (Å²) in [6.45, 7) is 0.747. The van der Waals surface area contributed by atoms with Gasteiger partial charge in [0.25, 0.3) is 0 Å². The molecule has 1 aromatic carbocycles. The average Bonchev–Trinajstić information content (AvgIpc) is 2.76. The third-order valence-electron chi connectivity index (χ3n) is 5.45. The van der Waals surface area contributed by atoms with Gasteiger partial charge < -0.3 is 14.4 Å². The van der Waals surface area contributed by atoms with Gasteiger partial charge in [-0.3, -0.25) is 4.57 Å². The molecule has 0 radical (unpaired) electrons. The van der Waals surface area contributed by atoms with Gasteiger partial charge in [0.1, 0.15) is 28.6 Å². The quantitative estimate of drug-likeness (QED) is 0.544. The smallest absolute Gasteiger partial charge is 0.416 e. The monoisotopic (exact) mass is 468 g/mol. The summed E-state index contributed by atoms with van der Waals surface area (Å²) in [5.41, 5.74) is -0.152. The van der Waals surface area contributed by atoms with Crippen LogP contribution in [0.25, 0.3) is 11.0 Å².